The smallest absolute Gasteiger partial charge is 0.298 e. The lowest BCUT2D eigenvalue weighted by atomic mass is 10.1. The lowest BCUT2D eigenvalue weighted by Crippen LogP contribution is -2.31. The lowest BCUT2D eigenvalue weighted by molar-refractivity contribution is 0.0950. The van der Waals surface area contributed by atoms with Crippen molar-refractivity contribution in [3.05, 3.63) is 70.8 Å². The standard InChI is InChI=1S/C21H23FN4O2S/c1-14-4-7-16(20(27)23-10-11-26(2)3)13-18(14)28-21-24-19(25-29-21)12-15-5-8-17(22)9-6-15/h4-9,13H,10-12H2,1-3H3,(H,23,27). The second-order valence-electron chi connectivity index (χ2n) is 6.92. The van der Waals surface area contributed by atoms with E-state index in [4.69, 9.17) is 4.74 Å². The number of carbonyl (C=O) groups excluding carboxylic acids is 1. The number of amides is 1. The number of rotatable bonds is 8. The van der Waals surface area contributed by atoms with Gasteiger partial charge in [-0.2, -0.15) is 9.36 Å². The van der Waals surface area contributed by atoms with Crippen molar-refractivity contribution in [3.8, 4) is 10.9 Å². The maximum Gasteiger partial charge on any atom is 0.298 e. The molecule has 0 bridgehead atoms. The highest BCUT2D eigenvalue weighted by molar-refractivity contribution is 7.07. The number of nitrogens with one attached hydrogen (secondary N) is 1. The predicted octanol–water partition coefficient (Wildman–Crippen LogP) is 3.66. The van der Waals surface area contributed by atoms with Gasteiger partial charge in [0.2, 0.25) is 0 Å². The van der Waals surface area contributed by atoms with E-state index < -0.39 is 0 Å². The maximum atomic E-state index is 13.0. The summed E-state index contributed by atoms with van der Waals surface area (Å²) in [6, 6.07) is 11.6. The number of aryl methyl sites for hydroxylation is 1. The Morgan fingerprint density at radius 1 is 1.21 bits per heavy atom. The largest absolute Gasteiger partial charge is 0.430 e. The zero-order chi connectivity index (χ0) is 20.8. The van der Waals surface area contributed by atoms with Crippen LogP contribution in [0.3, 0.4) is 0 Å². The highest BCUT2D eigenvalue weighted by atomic mass is 32.1. The van der Waals surface area contributed by atoms with Gasteiger partial charge >= 0.3 is 0 Å². The van der Waals surface area contributed by atoms with Gasteiger partial charge in [0.15, 0.2) is 5.82 Å². The first-order valence-electron chi connectivity index (χ1n) is 9.19. The minimum Gasteiger partial charge on any atom is -0.430 e. The molecule has 29 heavy (non-hydrogen) atoms. The van der Waals surface area contributed by atoms with Gasteiger partial charge in [-0.25, -0.2) is 4.39 Å². The molecule has 0 atom stereocenters. The summed E-state index contributed by atoms with van der Waals surface area (Å²) in [5, 5.41) is 3.29. The number of ether oxygens (including phenoxy) is 1. The molecule has 0 saturated heterocycles. The van der Waals surface area contributed by atoms with Crippen molar-refractivity contribution in [2.45, 2.75) is 13.3 Å². The van der Waals surface area contributed by atoms with E-state index >= 15 is 0 Å². The van der Waals surface area contributed by atoms with Gasteiger partial charge < -0.3 is 15.0 Å². The second kappa shape index (κ2) is 9.58. The Morgan fingerprint density at radius 3 is 2.69 bits per heavy atom. The fourth-order valence-electron chi connectivity index (χ4n) is 2.58. The van der Waals surface area contributed by atoms with Gasteiger partial charge in [-0.15, -0.1) is 0 Å². The van der Waals surface area contributed by atoms with E-state index in [-0.39, 0.29) is 11.7 Å². The molecule has 1 aromatic heterocycles. The molecular weight excluding hydrogens is 391 g/mol. The number of likely N-dealkylation sites (N-methyl/N-ethyl adjacent to an activating group) is 1. The molecule has 0 spiro atoms. The Kier molecular flexibility index (Phi) is 6.90. The Bertz CT molecular complexity index is 973. The van der Waals surface area contributed by atoms with Gasteiger partial charge in [-0.1, -0.05) is 18.2 Å². The highest BCUT2D eigenvalue weighted by Crippen LogP contribution is 2.28. The summed E-state index contributed by atoms with van der Waals surface area (Å²) < 4.78 is 23.2. The minimum atomic E-state index is -0.273. The maximum absolute atomic E-state index is 13.0. The average molecular weight is 415 g/mol. The van der Waals surface area contributed by atoms with E-state index in [1.54, 1.807) is 24.3 Å². The van der Waals surface area contributed by atoms with Gasteiger partial charge in [0.25, 0.3) is 11.1 Å². The first-order valence-corrected chi connectivity index (χ1v) is 9.96. The molecule has 0 aliphatic carbocycles. The predicted molar refractivity (Wildman–Crippen MR) is 111 cm³/mol. The summed E-state index contributed by atoms with van der Waals surface area (Å²) >= 11 is 1.14. The van der Waals surface area contributed by atoms with E-state index in [1.807, 2.05) is 32.0 Å². The van der Waals surface area contributed by atoms with Gasteiger partial charge in [0.1, 0.15) is 11.6 Å². The third-order valence-electron chi connectivity index (χ3n) is 4.22. The summed E-state index contributed by atoms with van der Waals surface area (Å²) in [7, 11) is 3.91. The van der Waals surface area contributed by atoms with E-state index in [0.29, 0.717) is 35.3 Å². The highest BCUT2D eigenvalue weighted by Gasteiger charge is 2.12. The molecule has 152 valence electrons. The molecule has 0 aliphatic heterocycles. The van der Waals surface area contributed by atoms with Crippen molar-refractivity contribution < 1.29 is 13.9 Å². The fraction of sp³-hybridized carbons (Fsp3) is 0.286. The van der Waals surface area contributed by atoms with Crippen LogP contribution in [0.15, 0.2) is 42.5 Å². The number of aromatic nitrogens is 2. The van der Waals surface area contributed by atoms with Crippen LogP contribution in [0, 0.1) is 12.7 Å². The number of hydrogen-bond acceptors (Lipinski definition) is 6. The third kappa shape index (κ3) is 6.07. The van der Waals surface area contributed by atoms with E-state index in [2.05, 4.69) is 14.7 Å². The molecule has 6 nitrogen and oxygen atoms in total. The molecule has 0 fully saturated rings. The van der Waals surface area contributed by atoms with Gasteiger partial charge in [0.05, 0.1) is 0 Å². The fourth-order valence-corrected chi connectivity index (χ4v) is 3.14. The number of carbonyl (C=O) groups is 1. The van der Waals surface area contributed by atoms with Crippen LogP contribution in [-0.2, 0) is 6.42 Å². The van der Waals surface area contributed by atoms with Crippen molar-refractivity contribution >= 4 is 17.4 Å². The summed E-state index contributed by atoms with van der Waals surface area (Å²) in [4.78, 5) is 18.7. The first-order chi connectivity index (χ1) is 13.9. The van der Waals surface area contributed by atoms with Crippen molar-refractivity contribution in [1.29, 1.82) is 0 Å². The zero-order valence-corrected chi connectivity index (χ0v) is 17.4. The van der Waals surface area contributed by atoms with Gasteiger partial charge in [-0.3, -0.25) is 4.79 Å². The topological polar surface area (TPSA) is 67.4 Å². The van der Waals surface area contributed by atoms with E-state index in [9.17, 15) is 9.18 Å². The van der Waals surface area contributed by atoms with Gasteiger partial charge in [-0.05, 0) is 56.4 Å². The molecule has 1 amide bonds. The normalized spacial score (nSPS) is 10.9. The molecule has 0 aliphatic rings. The van der Waals surface area contributed by atoms with Crippen LogP contribution >= 0.6 is 11.5 Å². The lowest BCUT2D eigenvalue weighted by Gasteiger charge is -2.11. The Balaban J connectivity index is 1.66. The van der Waals surface area contributed by atoms with Crippen LogP contribution < -0.4 is 10.1 Å². The molecule has 3 rings (SSSR count). The Morgan fingerprint density at radius 2 is 1.97 bits per heavy atom. The number of hydrogen-bond donors (Lipinski definition) is 1. The Labute approximate surface area is 173 Å². The average Bonchev–Trinajstić information content (AvgIpc) is 3.12. The molecule has 0 radical (unpaired) electrons. The van der Waals surface area contributed by atoms with Crippen LogP contribution in [0.25, 0.3) is 0 Å². The summed E-state index contributed by atoms with van der Waals surface area (Å²) in [6.07, 6.45) is 0.493. The first kappa shape index (κ1) is 20.9. The second-order valence-corrected chi connectivity index (χ2v) is 7.64. The molecule has 1 heterocycles. The third-order valence-corrected chi connectivity index (χ3v) is 4.85. The number of halogens is 1. The SMILES string of the molecule is Cc1ccc(C(=O)NCCN(C)C)cc1Oc1nc(Cc2ccc(F)cc2)ns1. The summed E-state index contributed by atoms with van der Waals surface area (Å²) in [5.41, 5.74) is 2.34. The quantitative estimate of drug-likeness (QED) is 0.609. The Hall–Kier alpha value is -2.84. The van der Waals surface area contributed by atoms with Crippen molar-refractivity contribution in [3.63, 3.8) is 0 Å². The van der Waals surface area contributed by atoms with Crippen molar-refractivity contribution in [2.24, 2.45) is 0 Å². The van der Waals surface area contributed by atoms with Crippen LogP contribution in [0.2, 0.25) is 0 Å². The molecular formula is C21H23FN4O2S. The summed E-state index contributed by atoms with van der Waals surface area (Å²) in [5.74, 6) is 0.748. The van der Waals surface area contributed by atoms with Crippen LogP contribution in [0.1, 0.15) is 27.3 Å². The van der Waals surface area contributed by atoms with Crippen molar-refractivity contribution in [1.82, 2.24) is 19.6 Å². The molecule has 3 aromatic rings. The monoisotopic (exact) mass is 414 g/mol. The van der Waals surface area contributed by atoms with E-state index in [1.165, 1.54) is 12.1 Å². The number of benzene rings is 2. The molecule has 0 saturated carbocycles. The number of nitrogens with zero attached hydrogens (tertiary/aromatic N) is 3. The van der Waals surface area contributed by atoms with Gasteiger partial charge in [0, 0.05) is 36.6 Å². The van der Waals surface area contributed by atoms with Crippen LogP contribution in [-0.4, -0.2) is 47.3 Å². The zero-order valence-electron chi connectivity index (χ0n) is 16.6. The van der Waals surface area contributed by atoms with E-state index in [0.717, 1.165) is 29.2 Å². The minimum absolute atomic E-state index is 0.147. The molecule has 0 unspecified atom stereocenters. The summed E-state index contributed by atoms with van der Waals surface area (Å²) in [6.45, 7) is 3.24. The molecule has 2 aromatic carbocycles. The molecule has 8 heteroatoms. The molecule has 1 N–H and O–H groups in total. The van der Waals surface area contributed by atoms with Crippen molar-refractivity contribution in [2.75, 3.05) is 27.2 Å². The van der Waals surface area contributed by atoms with Crippen LogP contribution in [0.5, 0.6) is 10.9 Å². The van der Waals surface area contributed by atoms with Crippen LogP contribution in [0.4, 0.5) is 4.39 Å².